The number of hydrogen-bond donors (Lipinski definition) is 2. The summed E-state index contributed by atoms with van der Waals surface area (Å²) in [6, 6.07) is 8.37. The van der Waals surface area contributed by atoms with Gasteiger partial charge in [-0.05, 0) is 49.3 Å². The first kappa shape index (κ1) is 24.9. The Morgan fingerprint density at radius 2 is 1.76 bits per heavy atom. The molecular formula is C27H32N6O4. The van der Waals surface area contributed by atoms with Crippen molar-refractivity contribution >= 4 is 34.5 Å². The van der Waals surface area contributed by atoms with E-state index in [0.29, 0.717) is 22.9 Å². The molecule has 1 aliphatic heterocycles. The van der Waals surface area contributed by atoms with Crippen LogP contribution in [-0.4, -0.2) is 51.4 Å². The van der Waals surface area contributed by atoms with Gasteiger partial charge in [-0.15, -0.1) is 0 Å². The molecule has 0 atom stereocenters. The molecule has 1 aliphatic carbocycles. The Morgan fingerprint density at radius 3 is 2.41 bits per heavy atom. The summed E-state index contributed by atoms with van der Waals surface area (Å²) in [6.07, 6.45) is 9.11. The molecule has 37 heavy (non-hydrogen) atoms. The highest BCUT2D eigenvalue weighted by Crippen LogP contribution is 2.32. The molecule has 1 aromatic carbocycles. The van der Waals surface area contributed by atoms with Crippen molar-refractivity contribution in [1.29, 1.82) is 0 Å². The molecule has 194 valence electrons. The zero-order valence-corrected chi connectivity index (χ0v) is 21.2. The Bertz CT molecular complexity index is 1360. The maximum atomic E-state index is 13.1. The fraction of sp³-hybridized carbons (Fsp3) is 0.444. The maximum Gasteiger partial charge on any atom is 0.280 e. The highest BCUT2D eigenvalue weighted by Gasteiger charge is 2.24. The van der Waals surface area contributed by atoms with Crippen LogP contribution >= 0.6 is 0 Å². The van der Waals surface area contributed by atoms with Crippen molar-refractivity contribution in [2.45, 2.75) is 57.4 Å². The molecule has 10 heteroatoms. The van der Waals surface area contributed by atoms with Crippen LogP contribution in [0.2, 0.25) is 0 Å². The van der Waals surface area contributed by atoms with E-state index in [0.717, 1.165) is 57.3 Å². The summed E-state index contributed by atoms with van der Waals surface area (Å²) in [5.74, 6) is 0.374. The third-order valence-electron chi connectivity index (χ3n) is 7.51. The van der Waals surface area contributed by atoms with Crippen LogP contribution in [0.4, 0.5) is 11.6 Å². The van der Waals surface area contributed by atoms with Gasteiger partial charge in [-0.2, -0.15) is 4.98 Å². The molecule has 2 fully saturated rings. The van der Waals surface area contributed by atoms with Crippen molar-refractivity contribution in [1.82, 2.24) is 24.9 Å². The average Bonchev–Trinajstić information content (AvgIpc) is 3.44. The van der Waals surface area contributed by atoms with Crippen LogP contribution in [0.15, 0.2) is 41.5 Å². The van der Waals surface area contributed by atoms with Crippen molar-refractivity contribution in [3.8, 4) is 0 Å². The van der Waals surface area contributed by atoms with Crippen molar-refractivity contribution in [3.05, 3.63) is 58.0 Å². The quantitative estimate of drug-likeness (QED) is 0.492. The molecule has 10 nitrogen and oxygen atoms in total. The smallest absolute Gasteiger partial charge is 0.280 e. The number of pyridine rings is 1. The number of likely N-dealkylation sites (tertiary alicyclic amines) is 1. The summed E-state index contributed by atoms with van der Waals surface area (Å²) < 4.78 is 1.94. The fourth-order valence-electron chi connectivity index (χ4n) is 5.46. The van der Waals surface area contributed by atoms with E-state index in [1.54, 1.807) is 13.1 Å². The number of carbonyl (C=O) groups is 2. The molecule has 1 saturated heterocycles. The van der Waals surface area contributed by atoms with Gasteiger partial charge in [0.05, 0.1) is 12.5 Å². The van der Waals surface area contributed by atoms with Crippen molar-refractivity contribution < 1.29 is 14.4 Å². The summed E-state index contributed by atoms with van der Waals surface area (Å²) in [4.78, 5) is 52.8. The molecule has 3 heterocycles. The number of benzene rings is 1. The van der Waals surface area contributed by atoms with Gasteiger partial charge in [0, 0.05) is 44.1 Å². The molecule has 2 N–H and O–H groups in total. The number of nitrogens with zero attached hydrogens (tertiary/aromatic N) is 4. The molecular weight excluding hydrogens is 472 g/mol. The van der Waals surface area contributed by atoms with E-state index in [1.807, 2.05) is 21.6 Å². The lowest BCUT2D eigenvalue weighted by Crippen LogP contribution is -2.36. The third-order valence-corrected chi connectivity index (χ3v) is 7.51. The van der Waals surface area contributed by atoms with E-state index >= 15 is 0 Å². The Kier molecular flexibility index (Phi) is 7.18. The standard InChI is InChI=1S/C27H32N6O4/c1-17(34)32-13-11-19(12-14-32)18-7-9-20(10-8-18)29-27-28-15-22-24(35)23(26(36)31-37-2)16-33(25(22)30-27)21-5-3-4-6-21/h7-10,15-16,19,21H,3-6,11-14H2,1-2H3,(H,31,36)(H,28,29,30). The molecule has 0 radical (unpaired) electrons. The number of aromatic nitrogens is 3. The molecule has 0 unspecified atom stereocenters. The first-order chi connectivity index (χ1) is 17.9. The van der Waals surface area contributed by atoms with Crippen molar-refractivity contribution in [2.75, 3.05) is 25.5 Å². The van der Waals surface area contributed by atoms with E-state index in [9.17, 15) is 14.4 Å². The number of piperidine rings is 1. The van der Waals surface area contributed by atoms with Crippen LogP contribution in [0, 0.1) is 0 Å². The van der Waals surface area contributed by atoms with Gasteiger partial charge < -0.3 is 14.8 Å². The predicted molar refractivity (Wildman–Crippen MR) is 140 cm³/mol. The van der Waals surface area contributed by atoms with Crippen LogP contribution in [0.3, 0.4) is 0 Å². The molecule has 2 amide bonds. The lowest BCUT2D eigenvalue weighted by atomic mass is 9.89. The van der Waals surface area contributed by atoms with Gasteiger partial charge in [-0.3, -0.25) is 19.2 Å². The van der Waals surface area contributed by atoms with E-state index in [-0.39, 0.29) is 17.5 Å². The normalized spacial score (nSPS) is 16.8. The maximum absolute atomic E-state index is 13.1. The van der Waals surface area contributed by atoms with Crippen LogP contribution in [-0.2, 0) is 9.63 Å². The van der Waals surface area contributed by atoms with Gasteiger partial charge in [0.2, 0.25) is 17.3 Å². The Labute approximate surface area is 215 Å². The van der Waals surface area contributed by atoms with E-state index < -0.39 is 11.3 Å². The highest BCUT2D eigenvalue weighted by molar-refractivity contribution is 5.96. The second kappa shape index (κ2) is 10.7. The number of rotatable bonds is 6. The second-order valence-corrected chi connectivity index (χ2v) is 9.81. The SMILES string of the molecule is CONC(=O)c1cn(C2CCCC2)c2nc(Nc3ccc(C4CCN(C(C)=O)CC4)cc3)ncc2c1=O. The van der Waals surface area contributed by atoms with Gasteiger partial charge >= 0.3 is 0 Å². The molecule has 5 rings (SSSR count). The third kappa shape index (κ3) is 5.20. The number of carbonyl (C=O) groups excluding carboxylic acids is 2. The van der Waals surface area contributed by atoms with Crippen LogP contribution in [0.1, 0.15) is 73.3 Å². The van der Waals surface area contributed by atoms with Gasteiger partial charge in [-0.1, -0.05) is 25.0 Å². The molecule has 2 aliphatic rings. The first-order valence-electron chi connectivity index (χ1n) is 12.8. The first-order valence-corrected chi connectivity index (χ1v) is 12.8. The van der Waals surface area contributed by atoms with E-state index in [1.165, 1.54) is 18.9 Å². The molecule has 3 aromatic rings. The van der Waals surface area contributed by atoms with Gasteiger partial charge in [0.15, 0.2) is 0 Å². The Balaban J connectivity index is 1.40. The Morgan fingerprint density at radius 1 is 1.05 bits per heavy atom. The molecule has 0 spiro atoms. The topological polar surface area (TPSA) is 118 Å². The van der Waals surface area contributed by atoms with Gasteiger partial charge in [-0.25, -0.2) is 10.5 Å². The molecule has 2 aromatic heterocycles. The molecule has 0 bridgehead atoms. The summed E-state index contributed by atoms with van der Waals surface area (Å²) in [6.45, 7) is 3.21. The minimum atomic E-state index is -0.588. The zero-order valence-electron chi connectivity index (χ0n) is 21.2. The molecule has 1 saturated carbocycles. The largest absolute Gasteiger partial charge is 0.343 e. The summed E-state index contributed by atoms with van der Waals surface area (Å²) in [5.41, 5.74) is 4.43. The minimum absolute atomic E-state index is 0.00952. The van der Waals surface area contributed by atoms with Gasteiger partial charge in [0.1, 0.15) is 11.2 Å². The minimum Gasteiger partial charge on any atom is -0.343 e. The number of amides is 2. The van der Waals surface area contributed by atoms with Crippen LogP contribution < -0.4 is 16.2 Å². The van der Waals surface area contributed by atoms with Crippen molar-refractivity contribution in [2.24, 2.45) is 0 Å². The van der Waals surface area contributed by atoms with Crippen molar-refractivity contribution in [3.63, 3.8) is 0 Å². The lowest BCUT2D eigenvalue weighted by molar-refractivity contribution is -0.129. The monoisotopic (exact) mass is 504 g/mol. The zero-order chi connectivity index (χ0) is 25.9. The second-order valence-electron chi connectivity index (χ2n) is 9.81. The number of fused-ring (bicyclic) bond motifs is 1. The van der Waals surface area contributed by atoms with E-state index in [2.05, 4.69) is 27.9 Å². The van der Waals surface area contributed by atoms with Gasteiger partial charge in [0.25, 0.3) is 5.91 Å². The summed E-state index contributed by atoms with van der Waals surface area (Å²) in [5, 5.41) is 3.55. The summed E-state index contributed by atoms with van der Waals surface area (Å²) in [7, 11) is 1.33. The lowest BCUT2D eigenvalue weighted by Gasteiger charge is -2.31. The highest BCUT2D eigenvalue weighted by atomic mass is 16.6. The number of hydrogen-bond acceptors (Lipinski definition) is 7. The van der Waals surface area contributed by atoms with Crippen LogP contribution in [0.5, 0.6) is 0 Å². The average molecular weight is 505 g/mol. The summed E-state index contributed by atoms with van der Waals surface area (Å²) >= 11 is 0. The number of nitrogens with one attached hydrogen (secondary N) is 2. The number of anilines is 2. The van der Waals surface area contributed by atoms with E-state index in [4.69, 9.17) is 9.82 Å². The number of hydroxylamine groups is 1. The predicted octanol–water partition coefficient (Wildman–Crippen LogP) is 3.67. The fourth-order valence-corrected chi connectivity index (χ4v) is 5.46. The Hall–Kier alpha value is -3.79. The van der Waals surface area contributed by atoms with Crippen LogP contribution in [0.25, 0.3) is 11.0 Å².